The van der Waals surface area contributed by atoms with Gasteiger partial charge in [0.1, 0.15) is 17.2 Å². The number of benzene rings is 6. The van der Waals surface area contributed by atoms with Crippen molar-refractivity contribution in [3.63, 3.8) is 0 Å². The van der Waals surface area contributed by atoms with Crippen molar-refractivity contribution in [3.05, 3.63) is 162 Å². The fraction of sp³-hybridized carbons (Fsp3) is 0.250. The Morgan fingerprint density at radius 1 is 0.356 bits per heavy atom. The number of unbranched alkanes of at least 4 members (excludes halogenated alkanes) is 7. The molecule has 0 atom stereocenters. The van der Waals surface area contributed by atoms with Gasteiger partial charge in [-0.25, -0.2) is 4.79 Å². The van der Waals surface area contributed by atoms with Gasteiger partial charge in [-0.1, -0.05) is 92.1 Å². The number of carbonyl (C=O) groups excluding carboxylic acids is 1. The van der Waals surface area contributed by atoms with Gasteiger partial charge in [-0.3, -0.25) is 0 Å². The molecule has 0 aliphatic carbocycles. The molecule has 0 saturated carbocycles. The van der Waals surface area contributed by atoms with Crippen LogP contribution >= 0.6 is 0 Å². The second-order valence-electron chi connectivity index (χ2n) is 14.4. The molecule has 0 unspecified atom stereocenters. The summed E-state index contributed by atoms with van der Waals surface area (Å²) in [6.45, 7) is 2.42. The van der Waals surface area contributed by atoms with Crippen molar-refractivity contribution >= 4 is 5.97 Å². The molecule has 298 valence electrons. The summed E-state index contributed by atoms with van der Waals surface area (Å²) in [7, 11) is 0. The Morgan fingerprint density at radius 3 is 0.949 bits per heavy atom. The molecule has 0 fully saturated rings. The Hall–Kier alpha value is -6.83. The van der Waals surface area contributed by atoms with E-state index in [1.54, 1.807) is 0 Å². The van der Waals surface area contributed by atoms with Crippen LogP contribution in [0.4, 0.5) is 0 Å². The van der Waals surface area contributed by atoms with Crippen LogP contribution in [-0.4, -0.2) is 32.4 Å². The summed E-state index contributed by atoms with van der Waals surface area (Å²) < 4.78 is 23.3. The first-order chi connectivity index (χ1) is 29.1. The predicted octanol–water partition coefficient (Wildman–Crippen LogP) is 12.6. The Labute approximate surface area is 348 Å². The maximum atomic E-state index is 12.6. The molecule has 0 bridgehead atoms. The number of hydrogen-bond acceptors (Lipinski definition) is 7. The zero-order valence-electron chi connectivity index (χ0n) is 33.5. The van der Waals surface area contributed by atoms with Crippen LogP contribution in [0, 0.1) is 22.7 Å². The van der Waals surface area contributed by atoms with Gasteiger partial charge < -0.3 is 18.9 Å². The molecule has 6 rings (SSSR count). The minimum atomic E-state index is -0.301. The molecule has 0 N–H and O–H groups in total. The average molecular weight is 783 g/mol. The first-order valence-electron chi connectivity index (χ1n) is 20.6. The van der Waals surface area contributed by atoms with E-state index < -0.39 is 0 Å². The largest absolute Gasteiger partial charge is 0.494 e. The molecule has 7 heteroatoms. The van der Waals surface area contributed by atoms with Crippen LogP contribution < -0.4 is 14.2 Å². The summed E-state index contributed by atoms with van der Waals surface area (Å²) in [5, 5.41) is 18.0. The van der Waals surface area contributed by atoms with Crippen molar-refractivity contribution in [3.8, 4) is 62.8 Å². The molecule has 0 heterocycles. The van der Waals surface area contributed by atoms with Gasteiger partial charge in [0.2, 0.25) is 0 Å². The maximum Gasteiger partial charge on any atom is 0.338 e. The number of rotatable bonds is 22. The van der Waals surface area contributed by atoms with Gasteiger partial charge >= 0.3 is 5.97 Å². The summed E-state index contributed by atoms with van der Waals surface area (Å²) >= 11 is 0. The lowest BCUT2D eigenvalue weighted by Crippen LogP contribution is -2.06. The Morgan fingerprint density at radius 2 is 0.627 bits per heavy atom. The van der Waals surface area contributed by atoms with Crippen LogP contribution in [0.1, 0.15) is 79.3 Å². The van der Waals surface area contributed by atoms with Crippen LogP contribution in [0.3, 0.4) is 0 Å². The van der Waals surface area contributed by atoms with Gasteiger partial charge in [-0.15, -0.1) is 0 Å². The number of nitrogens with zero attached hydrogens (tertiary/aromatic N) is 2. The Bertz CT molecular complexity index is 2250. The van der Waals surface area contributed by atoms with E-state index in [9.17, 15) is 4.79 Å². The predicted molar refractivity (Wildman–Crippen MR) is 233 cm³/mol. The average Bonchev–Trinajstić information content (AvgIpc) is 3.30. The summed E-state index contributed by atoms with van der Waals surface area (Å²) in [6.07, 6.45) is 9.10. The first kappa shape index (κ1) is 41.8. The van der Waals surface area contributed by atoms with E-state index in [1.165, 1.54) is 0 Å². The third-order valence-electron chi connectivity index (χ3n) is 10.1. The third-order valence-corrected chi connectivity index (χ3v) is 10.1. The second-order valence-corrected chi connectivity index (χ2v) is 14.4. The van der Waals surface area contributed by atoms with Gasteiger partial charge in [0.05, 0.1) is 55.3 Å². The molecule has 0 saturated heterocycles. The topological polar surface area (TPSA) is 102 Å². The molecular formula is C52H50N2O5. The van der Waals surface area contributed by atoms with E-state index in [0.29, 0.717) is 43.1 Å². The van der Waals surface area contributed by atoms with Crippen molar-refractivity contribution in [2.45, 2.75) is 57.8 Å². The van der Waals surface area contributed by atoms with E-state index >= 15 is 0 Å². The lowest BCUT2D eigenvalue weighted by Gasteiger charge is -2.09. The molecule has 0 spiro atoms. The molecule has 0 aliphatic rings. The highest BCUT2D eigenvalue weighted by molar-refractivity contribution is 5.90. The lowest BCUT2D eigenvalue weighted by molar-refractivity contribution is 0.0497. The first-order valence-corrected chi connectivity index (χ1v) is 20.6. The number of esters is 1. The molecule has 0 aromatic heterocycles. The van der Waals surface area contributed by atoms with Gasteiger partial charge in [-0.2, -0.15) is 10.5 Å². The fourth-order valence-corrected chi connectivity index (χ4v) is 6.61. The monoisotopic (exact) mass is 782 g/mol. The molecule has 0 aliphatic heterocycles. The highest BCUT2D eigenvalue weighted by Crippen LogP contribution is 2.26. The van der Waals surface area contributed by atoms with Crippen molar-refractivity contribution < 1.29 is 23.7 Å². The van der Waals surface area contributed by atoms with Gasteiger partial charge in [0.25, 0.3) is 0 Å². The summed E-state index contributed by atoms with van der Waals surface area (Å²) in [5.41, 5.74) is 8.28. The van der Waals surface area contributed by atoms with E-state index in [0.717, 1.165) is 108 Å². The summed E-state index contributed by atoms with van der Waals surface area (Å²) in [6, 6.07) is 51.2. The highest BCUT2D eigenvalue weighted by Gasteiger charge is 2.08. The van der Waals surface area contributed by atoms with E-state index in [-0.39, 0.29) is 5.97 Å². The normalized spacial score (nSPS) is 10.6. The van der Waals surface area contributed by atoms with Crippen LogP contribution in [0.5, 0.6) is 17.2 Å². The van der Waals surface area contributed by atoms with Crippen molar-refractivity contribution in [1.29, 1.82) is 10.5 Å². The maximum absolute atomic E-state index is 12.6. The number of nitriles is 2. The smallest absolute Gasteiger partial charge is 0.338 e. The summed E-state index contributed by atoms with van der Waals surface area (Å²) in [4.78, 5) is 12.6. The molecule has 0 amide bonds. The zero-order chi connectivity index (χ0) is 40.9. The minimum Gasteiger partial charge on any atom is -0.494 e. The van der Waals surface area contributed by atoms with Crippen molar-refractivity contribution in [2.24, 2.45) is 0 Å². The van der Waals surface area contributed by atoms with Crippen LogP contribution in [0.25, 0.3) is 33.4 Å². The molecule has 59 heavy (non-hydrogen) atoms. The van der Waals surface area contributed by atoms with E-state index in [4.69, 9.17) is 29.5 Å². The van der Waals surface area contributed by atoms with Gasteiger partial charge in [0.15, 0.2) is 0 Å². The molecule has 7 nitrogen and oxygen atoms in total. The van der Waals surface area contributed by atoms with Gasteiger partial charge in [-0.05, 0) is 145 Å². The van der Waals surface area contributed by atoms with Crippen LogP contribution in [-0.2, 0) is 4.74 Å². The number of hydrogen-bond donors (Lipinski definition) is 0. The minimum absolute atomic E-state index is 0.301. The fourth-order valence-electron chi connectivity index (χ4n) is 6.61. The number of carbonyl (C=O) groups is 1. The molecule has 0 radical (unpaired) electrons. The molecular weight excluding hydrogens is 733 g/mol. The van der Waals surface area contributed by atoms with Crippen molar-refractivity contribution in [1.82, 2.24) is 0 Å². The SMILES string of the molecule is N#Cc1ccc(-c2ccc(OCCCCCCCOc3ccc(-c4ccc(C(=O)OCCCCCCOc5ccc(-c6ccc(C#N)cc6)cc5)cc4)cc3)cc2)cc1. The lowest BCUT2D eigenvalue weighted by atomic mass is 10.0. The Balaban J connectivity index is 0.771. The van der Waals surface area contributed by atoms with Crippen molar-refractivity contribution in [2.75, 3.05) is 26.4 Å². The van der Waals surface area contributed by atoms with E-state index in [2.05, 4.69) is 24.3 Å². The molecule has 6 aromatic carbocycles. The third kappa shape index (κ3) is 13.4. The van der Waals surface area contributed by atoms with Crippen LogP contribution in [0.2, 0.25) is 0 Å². The van der Waals surface area contributed by atoms with Gasteiger partial charge in [0, 0.05) is 0 Å². The zero-order valence-corrected chi connectivity index (χ0v) is 33.5. The Kier molecular flexibility index (Phi) is 16.1. The van der Waals surface area contributed by atoms with Crippen LogP contribution in [0.15, 0.2) is 146 Å². The quantitative estimate of drug-likeness (QED) is 0.0499. The standard InChI is InChI=1S/C52H50N2O5/c53-38-40-10-14-42(15-11-40)45-22-28-49(29-23-45)56-34-6-2-1-3-7-35-57-51-32-26-47(27-33-51)44-18-20-48(21-19-44)52(55)59-37-9-5-4-8-36-58-50-30-24-46(25-31-50)43-16-12-41(39-54)13-17-43/h10-33H,1-9,34-37H2. The molecule has 6 aromatic rings. The summed E-state index contributed by atoms with van der Waals surface area (Å²) in [5.74, 6) is 2.26. The second kappa shape index (κ2) is 22.8. The van der Waals surface area contributed by atoms with E-state index in [1.807, 2.05) is 133 Å². The highest BCUT2D eigenvalue weighted by atomic mass is 16.5. The number of ether oxygens (including phenoxy) is 4.